The molecule has 3 unspecified atom stereocenters. The van der Waals surface area contributed by atoms with Gasteiger partial charge in [0, 0.05) is 24.0 Å². The molecule has 0 spiro atoms. The fraction of sp³-hybridized carbons (Fsp3) is 0.850. The van der Waals surface area contributed by atoms with Crippen LogP contribution in [0.2, 0.25) is 0 Å². The van der Waals surface area contributed by atoms with E-state index in [1.54, 1.807) is 14.0 Å². The predicted octanol–water partition coefficient (Wildman–Crippen LogP) is 4.09. The number of hydrogen-bond acceptors (Lipinski definition) is 4. The molecular formula is C20H32O4. The summed E-state index contributed by atoms with van der Waals surface area (Å²) < 4.78 is 17.7. The van der Waals surface area contributed by atoms with Crippen molar-refractivity contribution in [3.8, 4) is 0 Å². The summed E-state index contributed by atoms with van der Waals surface area (Å²) in [5.41, 5.74) is 0.472. The van der Waals surface area contributed by atoms with E-state index >= 15 is 0 Å². The lowest BCUT2D eigenvalue weighted by Crippen LogP contribution is -2.59. The largest absolute Gasteiger partial charge is 0.462 e. The molecule has 4 aliphatic carbocycles. The maximum absolute atomic E-state index is 11.9. The summed E-state index contributed by atoms with van der Waals surface area (Å²) in [6.45, 7) is 10.2. The molecule has 0 aromatic carbocycles. The van der Waals surface area contributed by atoms with E-state index in [9.17, 15) is 4.79 Å². The Labute approximate surface area is 145 Å². The molecular weight excluding hydrogens is 304 g/mol. The second-order valence-electron chi connectivity index (χ2n) is 8.97. The molecule has 4 nitrogen and oxygen atoms in total. The standard InChI is InChI=1S/C20H32O4/c1-13(2)17(21)23-12-19-7-15-6-16(8-19)10-20(9-15,11-19)24-18(22-5)14(3)4/h14-16,18H,1,6-12H2,2-5H3. The van der Waals surface area contributed by atoms with Crippen LogP contribution in [0.4, 0.5) is 0 Å². The van der Waals surface area contributed by atoms with Crippen LogP contribution >= 0.6 is 0 Å². The Balaban J connectivity index is 1.74. The highest BCUT2D eigenvalue weighted by Crippen LogP contribution is 2.63. The predicted molar refractivity (Wildman–Crippen MR) is 92.3 cm³/mol. The Hall–Kier alpha value is -0.870. The second-order valence-corrected chi connectivity index (χ2v) is 8.97. The van der Waals surface area contributed by atoms with Crippen molar-refractivity contribution in [2.24, 2.45) is 23.2 Å². The highest BCUT2D eigenvalue weighted by atomic mass is 16.7. The molecule has 4 saturated carbocycles. The van der Waals surface area contributed by atoms with Crippen molar-refractivity contribution < 1.29 is 19.0 Å². The summed E-state index contributed by atoms with van der Waals surface area (Å²) in [7, 11) is 1.73. The number of esters is 1. The van der Waals surface area contributed by atoms with E-state index in [0.717, 1.165) is 32.1 Å². The molecule has 0 aromatic heterocycles. The number of carbonyl (C=O) groups is 1. The van der Waals surface area contributed by atoms with E-state index in [0.29, 0.717) is 29.9 Å². The van der Waals surface area contributed by atoms with Gasteiger partial charge in [-0.2, -0.15) is 0 Å². The average molecular weight is 336 g/mol. The zero-order valence-electron chi connectivity index (χ0n) is 15.6. The molecule has 0 saturated heterocycles. The topological polar surface area (TPSA) is 44.8 Å². The Morgan fingerprint density at radius 3 is 2.33 bits per heavy atom. The number of rotatable bonds is 7. The molecule has 4 heteroatoms. The summed E-state index contributed by atoms with van der Waals surface area (Å²) in [6.07, 6.45) is 6.73. The third-order valence-electron chi connectivity index (χ3n) is 6.13. The van der Waals surface area contributed by atoms with E-state index in [1.807, 2.05) is 0 Å². The highest BCUT2D eigenvalue weighted by Gasteiger charge is 2.59. The van der Waals surface area contributed by atoms with Gasteiger partial charge in [0.2, 0.25) is 0 Å². The molecule has 0 amide bonds. The lowest BCUT2D eigenvalue weighted by Gasteiger charge is -2.61. The third-order valence-corrected chi connectivity index (χ3v) is 6.13. The van der Waals surface area contributed by atoms with Crippen molar-refractivity contribution in [1.82, 2.24) is 0 Å². The molecule has 0 radical (unpaired) electrons. The zero-order chi connectivity index (χ0) is 17.5. The van der Waals surface area contributed by atoms with Gasteiger partial charge < -0.3 is 14.2 Å². The van der Waals surface area contributed by atoms with Crippen molar-refractivity contribution in [2.75, 3.05) is 13.7 Å². The number of carbonyl (C=O) groups excluding carboxylic acids is 1. The van der Waals surface area contributed by atoms with E-state index in [-0.39, 0.29) is 23.3 Å². The fourth-order valence-corrected chi connectivity index (χ4v) is 5.72. The van der Waals surface area contributed by atoms with Crippen LogP contribution in [-0.2, 0) is 19.0 Å². The van der Waals surface area contributed by atoms with Crippen molar-refractivity contribution >= 4 is 5.97 Å². The molecule has 0 heterocycles. The normalized spacial score (nSPS) is 38.4. The smallest absolute Gasteiger partial charge is 0.333 e. The molecule has 24 heavy (non-hydrogen) atoms. The van der Waals surface area contributed by atoms with E-state index in [4.69, 9.17) is 14.2 Å². The van der Waals surface area contributed by atoms with Gasteiger partial charge in [0.05, 0.1) is 12.2 Å². The first-order valence-electron chi connectivity index (χ1n) is 9.30. The van der Waals surface area contributed by atoms with Crippen LogP contribution in [0, 0.1) is 23.2 Å². The summed E-state index contributed by atoms with van der Waals surface area (Å²) >= 11 is 0. The minimum atomic E-state index is -0.266. The van der Waals surface area contributed by atoms with Gasteiger partial charge >= 0.3 is 5.97 Å². The molecule has 4 aliphatic rings. The number of hydrogen-bond donors (Lipinski definition) is 0. The quantitative estimate of drug-likeness (QED) is 0.399. The maximum Gasteiger partial charge on any atom is 0.333 e. The Bertz CT molecular complexity index is 496. The van der Waals surface area contributed by atoms with Crippen LogP contribution in [0.3, 0.4) is 0 Å². The first kappa shape index (κ1) is 17.9. The van der Waals surface area contributed by atoms with Gasteiger partial charge in [0.1, 0.15) is 0 Å². The molecule has 3 atom stereocenters. The van der Waals surface area contributed by atoms with Crippen LogP contribution in [0.15, 0.2) is 12.2 Å². The second kappa shape index (κ2) is 6.45. The first-order chi connectivity index (χ1) is 11.3. The zero-order valence-corrected chi connectivity index (χ0v) is 15.6. The van der Waals surface area contributed by atoms with Crippen LogP contribution in [0.1, 0.15) is 59.3 Å². The van der Waals surface area contributed by atoms with E-state index in [1.165, 1.54) is 6.42 Å². The summed E-state index contributed by atoms with van der Waals surface area (Å²) in [5, 5.41) is 0. The van der Waals surface area contributed by atoms with Crippen LogP contribution < -0.4 is 0 Å². The SMILES string of the molecule is C=C(C)C(=O)OCC12CC3CC(C1)CC(OC(OC)C(C)C)(C3)C2. The third kappa shape index (κ3) is 3.41. The average Bonchev–Trinajstić information content (AvgIpc) is 2.48. The van der Waals surface area contributed by atoms with Gasteiger partial charge in [-0.1, -0.05) is 20.4 Å². The van der Waals surface area contributed by atoms with Crippen LogP contribution in [0.25, 0.3) is 0 Å². The van der Waals surface area contributed by atoms with Gasteiger partial charge in [-0.25, -0.2) is 4.79 Å². The lowest BCUT2D eigenvalue weighted by molar-refractivity contribution is -0.278. The Morgan fingerprint density at radius 1 is 1.21 bits per heavy atom. The highest BCUT2D eigenvalue weighted by molar-refractivity contribution is 5.86. The Kier molecular flexibility index (Phi) is 4.82. The van der Waals surface area contributed by atoms with Gasteiger partial charge in [-0.05, 0) is 57.3 Å². The maximum atomic E-state index is 11.9. The van der Waals surface area contributed by atoms with Gasteiger partial charge in [-0.15, -0.1) is 0 Å². The molecule has 0 aliphatic heterocycles. The monoisotopic (exact) mass is 336 g/mol. The Morgan fingerprint density at radius 2 is 1.83 bits per heavy atom. The van der Waals surface area contributed by atoms with Crippen molar-refractivity contribution in [2.45, 2.75) is 71.2 Å². The van der Waals surface area contributed by atoms with Crippen molar-refractivity contribution in [3.05, 3.63) is 12.2 Å². The number of ether oxygens (including phenoxy) is 3. The van der Waals surface area contributed by atoms with Crippen LogP contribution in [0.5, 0.6) is 0 Å². The minimum Gasteiger partial charge on any atom is -0.462 e. The van der Waals surface area contributed by atoms with Gasteiger partial charge in [-0.3, -0.25) is 0 Å². The van der Waals surface area contributed by atoms with Gasteiger partial charge in [0.15, 0.2) is 6.29 Å². The van der Waals surface area contributed by atoms with E-state index < -0.39 is 0 Å². The molecule has 4 fully saturated rings. The summed E-state index contributed by atoms with van der Waals surface area (Å²) in [6, 6.07) is 0. The molecule has 4 rings (SSSR count). The van der Waals surface area contributed by atoms with Crippen molar-refractivity contribution in [1.29, 1.82) is 0 Å². The number of methoxy groups -OCH3 is 1. The summed E-state index contributed by atoms with van der Waals surface area (Å²) in [5.74, 6) is 1.46. The minimum absolute atomic E-state index is 0.0878. The molecule has 0 aromatic rings. The van der Waals surface area contributed by atoms with Gasteiger partial charge in [0.25, 0.3) is 0 Å². The van der Waals surface area contributed by atoms with Crippen molar-refractivity contribution in [3.63, 3.8) is 0 Å². The molecule has 4 bridgehead atoms. The molecule has 136 valence electrons. The lowest BCUT2D eigenvalue weighted by atomic mass is 9.48. The first-order valence-corrected chi connectivity index (χ1v) is 9.30. The summed E-state index contributed by atoms with van der Waals surface area (Å²) in [4.78, 5) is 11.9. The van der Waals surface area contributed by atoms with E-state index in [2.05, 4.69) is 20.4 Å². The fourth-order valence-electron chi connectivity index (χ4n) is 5.72. The molecule has 0 N–H and O–H groups in total. The van der Waals surface area contributed by atoms with Crippen LogP contribution in [-0.4, -0.2) is 31.6 Å².